The molecule has 0 fully saturated rings. The highest BCUT2D eigenvalue weighted by molar-refractivity contribution is 6.32. The lowest BCUT2D eigenvalue weighted by Gasteiger charge is -2.19. The van der Waals surface area contributed by atoms with Crippen LogP contribution in [0.2, 0.25) is 5.15 Å². The zero-order chi connectivity index (χ0) is 11.4. The highest BCUT2D eigenvalue weighted by atomic mass is 35.5. The Labute approximate surface area is 97.1 Å². The Morgan fingerprint density at radius 3 is 2.60 bits per heavy atom. The fraction of sp³-hybridized carbons (Fsp3) is 0.583. The van der Waals surface area contributed by atoms with Crippen LogP contribution in [0.5, 0.6) is 0 Å². The first kappa shape index (κ1) is 12.3. The van der Waals surface area contributed by atoms with Crippen molar-refractivity contribution in [2.45, 2.75) is 40.2 Å². The van der Waals surface area contributed by atoms with Crippen LogP contribution in [0.25, 0.3) is 0 Å². The highest BCUT2D eigenvalue weighted by Crippen LogP contribution is 2.24. The number of halogens is 1. The molecule has 1 heterocycles. The lowest BCUT2D eigenvalue weighted by atomic mass is 10.0. The molecule has 0 amide bonds. The smallest absolute Gasteiger partial charge is 0.152 e. The number of nitrogens with one attached hydrogen (secondary N) is 1. The minimum Gasteiger partial charge on any atom is -0.380 e. The predicted octanol–water partition coefficient (Wildman–Crippen LogP) is 3.89. The van der Waals surface area contributed by atoms with Crippen LogP contribution in [-0.4, -0.2) is 11.0 Å². The van der Waals surface area contributed by atoms with Gasteiger partial charge in [-0.25, -0.2) is 4.98 Å². The van der Waals surface area contributed by atoms with Crippen molar-refractivity contribution in [1.82, 2.24) is 4.98 Å². The van der Waals surface area contributed by atoms with Gasteiger partial charge < -0.3 is 5.32 Å². The number of pyridine rings is 1. The van der Waals surface area contributed by atoms with E-state index in [0.717, 1.165) is 17.7 Å². The fourth-order valence-corrected chi connectivity index (χ4v) is 1.97. The molecular formula is C12H19ClN2. The van der Waals surface area contributed by atoms with Crippen molar-refractivity contribution in [2.75, 3.05) is 5.32 Å². The first-order valence-electron chi connectivity index (χ1n) is 5.38. The topological polar surface area (TPSA) is 24.9 Å². The van der Waals surface area contributed by atoms with Gasteiger partial charge >= 0.3 is 0 Å². The average Bonchev–Trinajstić information content (AvgIpc) is 2.10. The van der Waals surface area contributed by atoms with E-state index >= 15 is 0 Å². The van der Waals surface area contributed by atoms with Crippen LogP contribution in [0.4, 0.5) is 5.69 Å². The third kappa shape index (κ3) is 3.71. The lowest BCUT2D eigenvalue weighted by Crippen LogP contribution is -2.18. The van der Waals surface area contributed by atoms with Crippen LogP contribution in [-0.2, 0) is 0 Å². The summed E-state index contributed by atoms with van der Waals surface area (Å²) in [4.78, 5) is 4.08. The molecule has 0 radical (unpaired) electrons. The number of aryl methyl sites for hydroxylation is 1. The van der Waals surface area contributed by atoms with E-state index in [1.165, 1.54) is 0 Å². The minimum absolute atomic E-state index is 0.422. The summed E-state index contributed by atoms with van der Waals surface area (Å²) in [5.74, 6) is 0.684. The molecular weight excluding hydrogens is 208 g/mol. The second-order valence-corrected chi connectivity index (χ2v) is 4.83. The maximum Gasteiger partial charge on any atom is 0.152 e. The summed E-state index contributed by atoms with van der Waals surface area (Å²) in [6.45, 7) is 8.65. The number of hydrogen-bond donors (Lipinski definition) is 1. The number of hydrogen-bond acceptors (Lipinski definition) is 2. The molecule has 0 aliphatic heterocycles. The normalized spacial score (nSPS) is 12.9. The summed E-state index contributed by atoms with van der Waals surface area (Å²) in [7, 11) is 0. The monoisotopic (exact) mass is 226 g/mol. The molecule has 1 aromatic heterocycles. The maximum absolute atomic E-state index is 6.04. The Bertz CT molecular complexity index is 303. The van der Waals surface area contributed by atoms with E-state index < -0.39 is 0 Å². The van der Waals surface area contributed by atoms with Crippen LogP contribution in [0, 0.1) is 12.8 Å². The summed E-state index contributed by atoms with van der Waals surface area (Å²) in [6.07, 6.45) is 2.86. The third-order valence-electron chi connectivity index (χ3n) is 2.33. The summed E-state index contributed by atoms with van der Waals surface area (Å²) in [5.41, 5.74) is 2.11. The summed E-state index contributed by atoms with van der Waals surface area (Å²) >= 11 is 6.04. The number of rotatable bonds is 4. The minimum atomic E-state index is 0.422. The quantitative estimate of drug-likeness (QED) is 0.788. The van der Waals surface area contributed by atoms with E-state index in [0.29, 0.717) is 17.1 Å². The van der Waals surface area contributed by atoms with Gasteiger partial charge in [-0.2, -0.15) is 0 Å². The van der Waals surface area contributed by atoms with Gasteiger partial charge in [0.05, 0.1) is 5.69 Å². The summed E-state index contributed by atoms with van der Waals surface area (Å²) < 4.78 is 0. The van der Waals surface area contributed by atoms with E-state index in [2.05, 4.69) is 31.1 Å². The van der Waals surface area contributed by atoms with Crippen molar-refractivity contribution >= 4 is 17.3 Å². The van der Waals surface area contributed by atoms with E-state index in [1.54, 1.807) is 6.20 Å². The molecule has 0 saturated heterocycles. The third-order valence-corrected chi connectivity index (χ3v) is 2.62. The Kier molecular flexibility index (Phi) is 4.40. The van der Waals surface area contributed by atoms with Crippen molar-refractivity contribution in [3.63, 3.8) is 0 Å². The molecule has 0 saturated carbocycles. The van der Waals surface area contributed by atoms with E-state index in [9.17, 15) is 0 Å². The Morgan fingerprint density at radius 2 is 2.07 bits per heavy atom. The molecule has 0 aliphatic carbocycles. The van der Waals surface area contributed by atoms with Crippen molar-refractivity contribution in [1.29, 1.82) is 0 Å². The van der Waals surface area contributed by atoms with E-state index in [-0.39, 0.29) is 0 Å². The van der Waals surface area contributed by atoms with Gasteiger partial charge in [0.2, 0.25) is 0 Å². The zero-order valence-corrected chi connectivity index (χ0v) is 10.6. The largest absolute Gasteiger partial charge is 0.380 e. The first-order valence-corrected chi connectivity index (χ1v) is 5.76. The van der Waals surface area contributed by atoms with Crippen molar-refractivity contribution in [3.05, 3.63) is 23.0 Å². The molecule has 0 aliphatic rings. The zero-order valence-electron chi connectivity index (χ0n) is 9.84. The number of nitrogens with zero attached hydrogens (tertiary/aromatic N) is 1. The van der Waals surface area contributed by atoms with Crippen LogP contribution in [0.3, 0.4) is 0 Å². The summed E-state index contributed by atoms with van der Waals surface area (Å²) in [6, 6.07) is 2.39. The standard InChI is InChI=1S/C12H19ClN2/c1-8(2)7-10(4)15-11-9(3)5-6-14-12(11)13/h5-6,8,10,15H,7H2,1-4H3. The van der Waals surface area contributed by atoms with Crippen molar-refractivity contribution in [3.8, 4) is 0 Å². The van der Waals surface area contributed by atoms with Crippen molar-refractivity contribution < 1.29 is 0 Å². The predicted molar refractivity (Wildman–Crippen MR) is 66.5 cm³/mol. The van der Waals surface area contributed by atoms with Crippen LogP contribution in [0.15, 0.2) is 12.3 Å². The van der Waals surface area contributed by atoms with Crippen LogP contribution < -0.4 is 5.32 Å². The van der Waals surface area contributed by atoms with Gasteiger partial charge in [0.15, 0.2) is 5.15 Å². The number of aromatic nitrogens is 1. The van der Waals surface area contributed by atoms with Gasteiger partial charge in [-0.1, -0.05) is 25.4 Å². The first-order chi connectivity index (χ1) is 7.00. The molecule has 1 unspecified atom stereocenters. The molecule has 0 spiro atoms. The number of anilines is 1. The SMILES string of the molecule is Cc1ccnc(Cl)c1NC(C)CC(C)C. The van der Waals surface area contributed by atoms with Gasteiger partial charge in [-0.15, -0.1) is 0 Å². The van der Waals surface area contributed by atoms with Gasteiger partial charge in [0.25, 0.3) is 0 Å². The fourth-order valence-electron chi connectivity index (χ4n) is 1.71. The van der Waals surface area contributed by atoms with Gasteiger partial charge in [0, 0.05) is 12.2 Å². The lowest BCUT2D eigenvalue weighted by molar-refractivity contribution is 0.539. The molecule has 0 aromatic carbocycles. The van der Waals surface area contributed by atoms with Crippen LogP contribution >= 0.6 is 11.6 Å². The van der Waals surface area contributed by atoms with Gasteiger partial charge in [-0.05, 0) is 37.8 Å². The maximum atomic E-state index is 6.04. The second kappa shape index (κ2) is 5.36. The molecule has 1 aromatic rings. The van der Waals surface area contributed by atoms with E-state index in [4.69, 9.17) is 11.6 Å². The molecule has 3 heteroatoms. The van der Waals surface area contributed by atoms with Gasteiger partial charge in [-0.3, -0.25) is 0 Å². The molecule has 15 heavy (non-hydrogen) atoms. The molecule has 1 N–H and O–H groups in total. The molecule has 1 atom stereocenters. The van der Waals surface area contributed by atoms with Gasteiger partial charge in [0.1, 0.15) is 0 Å². The highest BCUT2D eigenvalue weighted by Gasteiger charge is 2.09. The summed E-state index contributed by atoms with van der Waals surface area (Å²) in [5, 5.41) is 3.98. The van der Waals surface area contributed by atoms with Crippen LogP contribution in [0.1, 0.15) is 32.8 Å². The average molecular weight is 227 g/mol. The molecule has 0 bridgehead atoms. The molecule has 84 valence electrons. The molecule has 2 nitrogen and oxygen atoms in total. The Hall–Kier alpha value is -0.760. The van der Waals surface area contributed by atoms with E-state index in [1.807, 2.05) is 13.0 Å². The molecule has 1 rings (SSSR count). The second-order valence-electron chi connectivity index (χ2n) is 4.47. The Balaban J connectivity index is 2.71. The Morgan fingerprint density at radius 1 is 1.40 bits per heavy atom. The van der Waals surface area contributed by atoms with Crippen molar-refractivity contribution in [2.24, 2.45) is 5.92 Å².